The Kier molecular flexibility index (Phi) is 5.24. The topological polar surface area (TPSA) is 85.3 Å². The van der Waals surface area contributed by atoms with Gasteiger partial charge in [-0.15, -0.1) is 0 Å². The molecule has 5 rings (SSSR count). The van der Waals surface area contributed by atoms with Crippen LogP contribution in [0.3, 0.4) is 0 Å². The maximum atomic E-state index is 13.4. The van der Waals surface area contributed by atoms with Gasteiger partial charge in [-0.25, -0.2) is 0 Å². The molecule has 34 heavy (non-hydrogen) atoms. The Morgan fingerprint density at radius 2 is 1.68 bits per heavy atom. The van der Waals surface area contributed by atoms with Crippen molar-refractivity contribution in [2.45, 2.75) is 19.9 Å². The lowest BCUT2D eigenvalue weighted by Gasteiger charge is -2.27. The summed E-state index contributed by atoms with van der Waals surface area (Å²) in [7, 11) is 1.53. The first kappa shape index (κ1) is 21.6. The Morgan fingerprint density at radius 3 is 2.41 bits per heavy atom. The van der Waals surface area contributed by atoms with E-state index >= 15 is 0 Å². The maximum Gasteiger partial charge on any atom is 0.300 e. The molecular formula is C27H23NO6. The van der Waals surface area contributed by atoms with Gasteiger partial charge in [-0.3, -0.25) is 14.5 Å². The number of para-hydroxylation sites is 1. The molecule has 0 bridgehead atoms. The van der Waals surface area contributed by atoms with Crippen LogP contribution in [0.2, 0.25) is 0 Å². The predicted octanol–water partition coefficient (Wildman–Crippen LogP) is 4.67. The normalized spacial score (nSPS) is 18.4. The quantitative estimate of drug-likeness (QED) is 0.348. The van der Waals surface area contributed by atoms with Gasteiger partial charge in [0.1, 0.15) is 11.5 Å². The average molecular weight is 457 g/mol. The second-order valence-corrected chi connectivity index (χ2v) is 8.33. The van der Waals surface area contributed by atoms with E-state index in [0.717, 1.165) is 11.1 Å². The van der Waals surface area contributed by atoms with Crippen LogP contribution in [0, 0.1) is 13.8 Å². The lowest BCUT2D eigenvalue weighted by atomic mass is 9.94. The highest BCUT2D eigenvalue weighted by molar-refractivity contribution is 6.51. The lowest BCUT2D eigenvalue weighted by Crippen LogP contribution is -2.29. The number of aryl methyl sites for hydroxylation is 2. The highest BCUT2D eigenvalue weighted by Gasteiger charge is 2.48. The van der Waals surface area contributed by atoms with Gasteiger partial charge in [-0.1, -0.05) is 24.3 Å². The van der Waals surface area contributed by atoms with Gasteiger partial charge in [0.05, 0.1) is 18.7 Å². The molecule has 3 aromatic rings. The molecule has 172 valence electrons. The van der Waals surface area contributed by atoms with Crippen LogP contribution in [0.15, 0.2) is 66.2 Å². The summed E-state index contributed by atoms with van der Waals surface area (Å²) in [6.07, 6.45) is 0. The van der Waals surface area contributed by atoms with E-state index in [0.29, 0.717) is 34.1 Å². The number of anilines is 1. The number of aliphatic hydroxyl groups excluding tert-OH is 1. The zero-order valence-electron chi connectivity index (χ0n) is 19.0. The molecule has 0 aliphatic carbocycles. The van der Waals surface area contributed by atoms with Crippen molar-refractivity contribution < 1.29 is 28.9 Å². The molecule has 1 atom stereocenters. The summed E-state index contributed by atoms with van der Waals surface area (Å²) in [6, 6.07) is 16.9. The maximum absolute atomic E-state index is 13.4. The first-order chi connectivity index (χ1) is 16.4. The molecule has 2 aliphatic rings. The van der Waals surface area contributed by atoms with E-state index in [1.54, 1.807) is 36.4 Å². The first-order valence-corrected chi connectivity index (χ1v) is 10.8. The molecule has 7 heteroatoms. The van der Waals surface area contributed by atoms with Gasteiger partial charge >= 0.3 is 0 Å². The summed E-state index contributed by atoms with van der Waals surface area (Å²) in [5.41, 5.74) is 3.39. The number of hydrogen-bond donors (Lipinski definition) is 1. The number of rotatable bonds is 4. The first-order valence-electron chi connectivity index (χ1n) is 10.8. The highest BCUT2D eigenvalue weighted by Crippen LogP contribution is 2.46. The number of aliphatic hydroxyl groups is 1. The molecule has 1 saturated heterocycles. The van der Waals surface area contributed by atoms with Crippen molar-refractivity contribution in [1.29, 1.82) is 0 Å². The molecule has 1 amide bonds. The fourth-order valence-electron chi connectivity index (χ4n) is 4.57. The Hall–Kier alpha value is -4.26. The number of fused-ring (bicyclic) bond motifs is 1. The fraction of sp³-hybridized carbons (Fsp3) is 0.185. The monoisotopic (exact) mass is 457 g/mol. The SMILES string of the molecule is COc1ccccc1C1/C(=C(\O)c2ccc3c(c2)OCO3)C(=O)C(=O)N1c1cc(C)cc(C)c1. The van der Waals surface area contributed by atoms with Crippen LogP contribution in [0.1, 0.15) is 28.3 Å². The largest absolute Gasteiger partial charge is 0.507 e. The highest BCUT2D eigenvalue weighted by atomic mass is 16.7. The minimum atomic E-state index is -0.886. The van der Waals surface area contributed by atoms with Crippen molar-refractivity contribution in [3.63, 3.8) is 0 Å². The molecule has 2 heterocycles. The summed E-state index contributed by atoms with van der Waals surface area (Å²) in [6.45, 7) is 3.94. The number of carbonyl (C=O) groups excluding carboxylic acids is 2. The Balaban J connectivity index is 1.75. The molecule has 1 fully saturated rings. The smallest absolute Gasteiger partial charge is 0.300 e. The zero-order chi connectivity index (χ0) is 24.0. The van der Waals surface area contributed by atoms with Crippen molar-refractivity contribution in [3.8, 4) is 17.2 Å². The number of nitrogens with zero attached hydrogens (tertiary/aromatic N) is 1. The number of amides is 1. The number of hydrogen-bond acceptors (Lipinski definition) is 6. The molecule has 1 N–H and O–H groups in total. The third-order valence-electron chi connectivity index (χ3n) is 6.01. The predicted molar refractivity (Wildman–Crippen MR) is 126 cm³/mol. The molecule has 0 saturated carbocycles. The van der Waals surface area contributed by atoms with Crippen LogP contribution in [0.25, 0.3) is 5.76 Å². The number of Topliss-reactive ketones (excluding diaryl/α,β-unsaturated/α-hetero) is 1. The van der Waals surface area contributed by atoms with Crippen molar-refractivity contribution in [3.05, 3.63) is 88.5 Å². The van der Waals surface area contributed by atoms with E-state index in [4.69, 9.17) is 14.2 Å². The van der Waals surface area contributed by atoms with E-state index in [2.05, 4.69) is 0 Å². The fourth-order valence-corrected chi connectivity index (χ4v) is 4.57. The van der Waals surface area contributed by atoms with Gasteiger partial charge in [0.25, 0.3) is 11.7 Å². The van der Waals surface area contributed by atoms with Crippen LogP contribution in [0.5, 0.6) is 17.2 Å². The van der Waals surface area contributed by atoms with Gasteiger partial charge in [-0.05, 0) is 61.4 Å². The van der Waals surface area contributed by atoms with Gasteiger partial charge in [0.15, 0.2) is 11.5 Å². The second-order valence-electron chi connectivity index (χ2n) is 8.33. The van der Waals surface area contributed by atoms with Crippen LogP contribution in [-0.2, 0) is 9.59 Å². The summed E-state index contributed by atoms with van der Waals surface area (Å²) in [5.74, 6) is -0.275. The minimum Gasteiger partial charge on any atom is -0.507 e. The molecule has 0 spiro atoms. The van der Waals surface area contributed by atoms with Crippen LogP contribution < -0.4 is 19.1 Å². The van der Waals surface area contributed by atoms with Gasteiger partial charge in [0, 0.05) is 16.8 Å². The Morgan fingerprint density at radius 1 is 0.971 bits per heavy atom. The molecule has 7 nitrogen and oxygen atoms in total. The molecule has 1 unspecified atom stereocenters. The molecule has 0 aromatic heterocycles. The molecule has 3 aromatic carbocycles. The standard InChI is InChI=1S/C27H23NO6/c1-15-10-16(2)12-18(11-15)28-24(19-6-4-5-7-20(19)32-3)23(26(30)27(28)31)25(29)17-8-9-21-22(13-17)34-14-33-21/h4-13,24,29H,14H2,1-3H3/b25-23+. The van der Waals surface area contributed by atoms with Crippen LogP contribution in [-0.4, -0.2) is 30.7 Å². The third-order valence-corrected chi connectivity index (χ3v) is 6.01. The Bertz CT molecular complexity index is 1340. The van der Waals surface area contributed by atoms with Crippen molar-refractivity contribution in [2.75, 3.05) is 18.8 Å². The number of methoxy groups -OCH3 is 1. The molecule has 0 radical (unpaired) electrons. The Labute approximate surface area is 196 Å². The van der Waals surface area contributed by atoms with Gasteiger partial charge < -0.3 is 19.3 Å². The number of carbonyl (C=O) groups is 2. The zero-order valence-corrected chi connectivity index (χ0v) is 19.0. The van der Waals surface area contributed by atoms with E-state index < -0.39 is 17.7 Å². The van der Waals surface area contributed by atoms with Gasteiger partial charge in [0.2, 0.25) is 6.79 Å². The number of ether oxygens (including phenoxy) is 3. The summed E-state index contributed by atoms with van der Waals surface area (Å²) in [5, 5.41) is 11.4. The van der Waals surface area contributed by atoms with E-state index in [-0.39, 0.29) is 18.1 Å². The molecule has 2 aliphatic heterocycles. The lowest BCUT2D eigenvalue weighted by molar-refractivity contribution is -0.132. The third kappa shape index (κ3) is 3.46. The van der Waals surface area contributed by atoms with E-state index in [1.807, 2.05) is 38.1 Å². The average Bonchev–Trinajstić information content (AvgIpc) is 3.40. The van der Waals surface area contributed by atoms with Gasteiger partial charge in [-0.2, -0.15) is 0 Å². The van der Waals surface area contributed by atoms with Crippen LogP contribution in [0.4, 0.5) is 5.69 Å². The van der Waals surface area contributed by atoms with E-state index in [9.17, 15) is 14.7 Å². The summed E-state index contributed by atoms with van der Waals surface area (Å²) in [4.78, 5) is 28.2. The number of ketones is 1. The summed E-state index contributed by atoms with van der Waals surface area (Å²) < 4.78 is 16.3. The minimum absolute atomic E-state index is 0.0208. The summed E-state index contributed by atoms with van der Waals surface area (Å²) >= 11 is 0. The number of benzene rings is 3. The van der Waals surface area contributed by atoms with E-state index in [1.165, 1.54) is 12.0 Å². The van der Waals surface area contributed by atoms with Crippen molar-refractivity contribution in [2.24, 2.45) is 0 Å². The van der Waals surface area contributed by atoms with Crippen LogP contribution >= 0.6 is 0 Å². The second kappa shape index (κ2) is 8.26. The van der Waals surface area contributed by atoms with Crippen molar-refractivity contribution in [1.82, 2.24) is 0 Å². The molecular weight excluding hydrogens is 434 g/mol. The van der Waals surface area contributed by atoms with Crippen molar-refractivity contribution >= 4 is 23.1 Å².